The second kappa shape index (κ2) is 5.82. The Morgan fingerprint density at radius 1 is 1.35 bits per heavy atom. The maximum atomic E-state index is 11.5. The maximum Gasteiger partial charge on any atom is 0.224 e. The molecule has 0 saturated carbocycles. The number of methoxy groups -OCH3 is 1. The van der Waals surface area contributed by atoms with Crippen molar-refractivity contribution in [2.75, 3.05) is 18.6 Å². The SMILES string of the molecule is COc1cc(Br)ccc1N(CC(C)=O)C(C)=O. The predicted molar refractivity (Wildman–Crippen MR) is 69.4 cm³/mol. The zero-order valence-electron chi connectivity index (χ0n) is 9.99. The van der Waals surface area contributed by atoms with Gasteiger partial charge in [-0.15, -0.1) is 0 Å². The number of rotatable bonds is 4. The van der Waals surface area contributed by atoms with Crippen molar-refractivity contribution in [3.8, 4) is 5.75 Å². The van der Waals surface area contributed by atoms with E-state index < -0.39 is 0 Å². The molecule has 1 amide bonds. The van der Waals surface area contributed by atoms with Crippen LogP contribution in [-0.2, 0) is 9.59 Å². The molecule has 0 atom stereocenters. The molecule has 0 spiro atoms. The number of ether oxygens (including phenoxy) is 1. The highest BCUT2D eigenvalue weighted by Crippen LogP contribution is 2.31. The van der Waals surface area contributed by atoms with Gasteiger partial charge >= 0.3 is 0 Å². The van der Waals surface area contributed by atoms with E-state index in [-0.39, 0.29) is 18.2 Å². The Labute approximate surface area is 109 Å². The van der Waals surface area contributed by atoms with Gasteiger partial charge in [-0.2, -0.15) is 0 Å². The standard InChI is InChI=1S/C12H14BrNO3/c1-8(15)7-14(9(2)16)11-5-4-10(13)6-12(11)17-3/h4-6H,7H2,1-3H3. The van der Waals surface area contributed by atoms with E-state index in [0.29, 0.717) is 11.4 Å². The molecule has 0 fully saturated rings. The Balaban J connectivity index is 3.17. The van der Waals surface area contributed by atoms with E-state index in [4.69, 9.17) is 4.74 Å². The summed E-state index contributed by atoms with van der Waals surface area (Å²) in [6, 6.07) is 5.30. The first-order valence-electron chi connectivity index (χ1n) is 5.06. The van der Waals surface area contributed by atoms with Gasteiger partial charge in [-0.3, -0.25) is 9.59 Å². The molecule has 5 heteroatoms. The highest BCUT2D eigenvalue weighted by molar-refractivity contribution is 9.10. The van der Waals surface area contributed by atoms with Crippen LogP contribution in [0, 0.1) is 0 Å². The van der Waals surface area contributed by atoms with Gasteiger partial charge in [0.2, 0.25) is 5.91 Å². The van der Waals surface area contributed by atoms with E-state index in [9.17, 15) is 9.59 Å². The largest absolute Gasteiger partial charge is 0.495 e. The first-order chi connectivity index (χ1) is 7.95. The van der Waals surface area contributed by atoms with Crippen LogP contribution in [0.1, 0.15) is 13.8 Å². The molecule has 92 valence electrons. The minimum atomic E-state index is -0.194. The minimum absolute atomic E-state index is 0.0489. The van der Waals surface area contributed by atoms with Gasteiger partial charge in [0.15, 0.2) is 0 Å². The lowest BCUT2D eigenvalue weighted by atomic mass is 10.2. The van der Waals surface area contributed by atoms with Gasteiger partial charge in [-0.05, 0) is 25.1 Å². The molecule has 1 rings (SSSR count). The maximum absolute atomic E-state index is 11.5. The fourth-order valence-electron chi connectivity index (χ4n) is 1.46. The number of ketones is 1. The number of anilines is 1. The molecule has 0 aromatic heterocycles. The Morgan fingerprint density at radius 3 is 2.47 bits per heavy atom. The van der Waals surface area contributed by atoms with E-state index in [1.54, 1.807) is 18.2 Å². The van der Waals surface area contributed by atoms with E-state index in [0.717, 1.165) is 4.47 Å². The topological polar surface area (TPSA) is 46.6 Å². The second-order valence-corrected chi connectivity index (χ2v) is 4.54. The van der Waals surface area contributed by atoms with Crippen LogP contribution in [0.3, 0.4) is 0 Å². The number of carbonyl (C=O) groups excluding carboxylic acids is 2. The molecule has 17 heavy (non-hydrogen) atoms. The summed E-state index contributed by atoms with van der Waals surface area (Å²) in [5, 5.41) is 0. The molecule has 0 aliphatic heterocycles. The number of hydrogen-bond acceptors (Lipinski definition) is 3. The minimum Gasteiger partial charge on any atom is -0.495 e. The highest BCUT2D eigenvalue weighted by Gasteiger charge is 2.17. The summed E-state index contributed by atoms with van der Waals surface area (Å²) >= 11 is 3.32. The molecule has 0 heterocycles. The van der Waals surface area contributed by atoms with Crippen LogP contribution >= 0.6 is 15.9 Å². The van der Waals surface area contributed by atoms with E-state index in [2.05, 4.69) is 15.9 Å². The van der Waals surface area contributed by atoms with Crippen molar-refractivity contribution in [3.05, 3.63) is 22.7 Å². The predicted octanol–water partition coefficient (Wildman–Crippen LogP) is 2.40. The number of hydrogen-bond donors (Lipinski definition) is 0. The monoisotopic (exact) mass is 299 g/mol. The summed E-state index contributed by atoms with van der Waals surface area (Å²) < 4.78 is 6.05. The fraction of sp³-hybridized carbons (Fsp3) is 0.333. The summed E-state index contributed by atoms with van der Waals surface area (Å²) in [5.41, 5.74) is 0.596. The van der Waals surface area contributed by atoms with E-state index in [1.165, 1.54) is 25.9 Å². The van der Waals surface area contributed by atoms with E-state index >= 15 is 0 Å². The third kappa shape index (κ3) is 3.56. The summed E-state index contributed by atoms with van der Waals surface area (Å²) in [7, 11) is 1.53. The smallest absolute Gasteiger partial charge is 0.224 e. The van der Waals surface area contributed by atoms with Crippen LogP contribution < -0.4 is 9.64 Å². The number of amides is 1. The molecule has 0 saturated heterocycles. The molecule has 0 aliphatic rings. The molecule has 0 radical (unpaired) electrons. The van der Waals surface area contributed by atoms with Gasteiger partial charge in [0.05, 0.1) is 19.3 Å². The molecular weight excluding hydrogens is 286 g/mol. The zero-order chi connectivity index (χ0) is 13.0. The summed E-state index contributed by atoms with van der Waals surface area (Å²) in [6.45, 7) is 2.92. The molecule has 1 aromatic rings. The third-order valence-corrected chi connectivity index (χ3v) is 2.69. The van der Waals surface area contributed by atoms with Crippen molar-refractivity contribution in [3.63, 3.8) is 0 Å². The van der Waals surface area contributed by atoms with Crippen LogP contribution in [0.4, 0.5) is 5.69 Å². The quantitative estimate of drug-likeness (QED) is 0.858. The molecule has 1 aromatic carbocycles. The molecule has 0 aliphatic carbocycles. The second-order valence-electron chi connectivity index (χ2n) is 3.62. The summed E-state index contributed by atoms with van der Waals surface area (Å²) in [6.07, 6.45) is 0. The molecule has 0 unspecified atom stereocenters. The van der Waals surface area contributed by atoms with Gasteiger partial charge < -0.3 is 9.64 Å². The van der Waals surface area contributed by atoms with Gasteiger partial charge in [0.1, 0.15) is 11.5 Å². The van der Waals surface area contributed by atoms with Crippen LogP contribution in [0.2, 0.25) is 0 Å². The number of carbonyl (C=O) groups is 2. The van der Waals surface area contributed by atoms with Crippen LogP contribution in [0.5, 0.6) is 5.75 Å². The van der Waals surface area contributed by atoms with Crippen molar-refractivity contribution in [2.24, 2.45) is 0 Å². The van der Waals surface area contributed by atoms with Crippen molar-refractivity contribution in [1.29, 1.82) is 0 Å². The summed E-state index contributed by atoms with van der Waals surface area (Å²) in [5.74, 6) is 0.279. The lowest BCUT2D eigenvalue weighted by Gasteiger charge is -2.22. The van der Waals surface area contributed by atoms with Crippen LogP contribution in [-0.4, -0.2) is 25.3 Å². The first kappa shape index (κ1) is 13.7. The van der Waals surface area contributed by atoms with Gasteiger partial charge in [-0.1, -0.05) is 15.9 Å². The highest BCUT2D eigenvalue weighted by atomic mass is 79.9. The number of halogens is 1. The first-order valence-corrected chi connectivity index (χ1v) is 5.86. The van der Waals surface area contributed by atoms with Crippen molar-refractivity contribution < 1.29 is 14.3 Å². The Bertz CT molecular complexity index is 445. The Hall–Kier alpha value is -1.36. The lowest BCUT2D eigenvalue weighted by Crippen LogP contribution is -2.33. The van der Waals surface area contributed by atoms with Crippen molar-refractivity contribution in [1.82, 2.24) is 0 Å². The molecule has 4 nitrogen and oxygen atoms in total. The van der Waals surface area contributed by atoms with Crippen LogP contribution in [0.25, 0.3) is 0 Å². The molecular formula is C12H14BrNO3. The van der Waals surface area contributed by atoms with E-state index in [1.807, 2.05) is 0 Å². The zero-order valence-corrected chi connectivity index (χ0v) is 11.6. The fourth-order valence-corrected chi connectivity index (χ4v) is 1.80. The average molecular weight is 300 g/mol. The number of Topliss-reactive ketones (excluding diaryl/α,β-unsaturated/α-hetero) is 1. The number of benzene rings is 1. The average Bonchev–Trinajstić information content (AvgIpc) is 2.25. The molecule has 0 bridgehead atoms. The summed E-state index contributed by atoms with van der Waals surface area (Å²) in [4.78, 5) is 24.1. The van der Waals surface area contributed by atoms with Gasteiger partial charge in [0, 0.05) is 11.4 Å². The van der Waals surface area contributed by atoms with Crippen molar-refractivity contribution in [2.45, 2.75) is 13.8 Å². The van der Waals surface area contributed by atoms with Crippen LogP contribution in [0.15, 0.2) is 22.7 Å². The number of nitrogens with zero attached hydrogens (tertiary/aromatic N) is 1. The lowest BCUT2D eigenvalue weighted by molar-refractivity contribution is -0.120. The van der Waals surface area contributed by atoms with Crippen molar-refractivity contribution >= 4 is 33.3 Å². The Morgan fingerprint density at radius 2 is 2.00 bits per heavy atom. The Kier molecular flexibility index (Phi) is 4.69. The normalized spacial score (nSPS) is 9.88. The third-order valence-electron chi connectivity index (χ3n) is 2.19. The molecule has 0 N–H and O–H groups in total. The van der Waals surface area contributed by atoms with Gasteiger partial charge in [-0.25, -0.2) is 0 Å². The van der Waals surface area contributed by atoms with Gasteiger partial charge in [0.25, 0.3) is 0 Å².